The topological polar surface area (TPSA) is 32.3 Å². The molecule has 0 spiro atoms. The number of hydrogen-bond donors (Lipinski definition) is 2. The zero-order valence-electron chi connectivity index (χ0n) is 9.91. The van der Waals surface area contributed by atoms with Gasteiger partial charge in [0.1, 0.15) is 5.82 Å². The monoisotopic (exact) mass is 225 g/mol. The Bertz CT molecular complexity index is 317. The van der Waals surface area contributed by atoms with Crippen molar-refractivity contribution in [1.82, 2.24) is 5.32 Å². The molecule has 0 radical (unpaired) electrons. The molecule has 1 rings (SSSR count). The molecule has 0 amide bonds. The predicted molar refractivity (Wildman–Crippen MR) is 63.9 cm³/mol. The molecule has 0 saturated heterocycles. The fraction of sp³-hybridized carbons (Fsp3) is 0.538. The third-order valence-electron chi connectivity index (χ3n) is 2.65. The summed E-state index contributed by atoms with van der Waals surface area (Å²) < 4.78 is 13.3. The van der Waals surface area contributed by atoms with E-state index in [1.165, 1.54) is 6.07 Å². The highest BCUT2D eigenvalue weighted by Crippen LogP contribution is 2.10. The molecule has 1 aromatic carbocycles. The molecule has 0 fully saturated rings. The predicted octanol–water partition coefficient (Wildman–Crippen LogP) is 2.12. The minimum Gasteiger partial charge on any atom is -0.395 e. The summed E-state index contributed by atoms with van der Waals surface area (Å²) >= 11 is 0. The number of hydrogen-bond acceptors (Lipinski definition) is 2. The van der Waals surface area contributed by atoms with Gasteiger partial charge in [-0.05, 0) is 38.3 Å². The highest BCUT2D eigenvalue weighted by atomic mass is 19.1. The summed E-state index contributed by atoms with van der Waals surface area (Å²) in [5, 5.41) is 12.1. The van der Waals surface area contributed by atoms with Gasteiger partial charge in [0.15, 0.2) is 0 Å². The summed E-state index contributed by atoms with van der Waals surface area (Å²) in [5.74, 6) is -0.134. The Morgan fingerprint density at radius 3 is 2.56 bits per heavy atom. The molecule has 0 aliphatic carbocycles. The Morgan fingerprint density at radius 1 is 1.25 bits per heavy atom. The van der Waals surface area contributed by atoms with E-state index in [0.29, 0.717) is 0 Å². The maximum atomic E-state index is 13.3. The third-order valence-corrected chi connectivity index (χ3v) is 2.65. The van der Waals surface area contributed by atoms with Crippen molar-refractivity contribution < 1.29 is 9.50 Å². The van der Waals surface area contributed by atoms with Gasteiger partial charge in [0, 0.05) is 12.1 Å². The second-order valence-electron chi connectivity index (χ2n) is 4.28. The van der Waals surface area contributed by atoms with Gasteiger partial charge in [-0.25, -0.2) is 4.39 Å². The van der Waals surface area contributed by atoms with Gasteiger partial charge in [0.25, 0.3) is 0 Å². The number of benzene rings is 1. The Balaban J connectivity index is 2.37. The van der Waals surface area contributed by atoms with Crippen LogP contribution in [-0.4, -0.2) is 23.8 Å². The van der Waals surface area contributed by atoms with Crippen molar-refractivity contribution >= 4 is 0 Å². The smallest absolute Gasteiger partial charge is 0.126 e. The standard InChI is InChI=1S/C13H20FNO/c1-10(15-11(2)9-16)7-8-12-5-3-4-6-13(12)14/h3-6,10-11,15-16H,7-9H2,1-2H3/t10?,11-/m1/s1. The Kier molecular flexibility index (Phi) is 5.43. The number of aliphatic hydroxyl groups excluding tert-OH is 1. The Hall–Kier alpha value is -0.930. The molecule has 0 bridgehead atoms. The number of halogens is 1. The van der Waals surface area contributed by atoms with E-state index in [0.717, 1.165) is 18.4 Å². The van der Waals surface area contributed by atoms with E-state index < -0.39 is 0 Å². The lowest BCUT2D eigenvalue weighted by atomic mass is 10.1. The lowest BCUT2D eigenvalue weighted by molar-refractivity contribution is 0.241. The SMILES string of the molecule is CC(CCc1ccccc1F)N[C@H](C)CO. The van der Waals surface area contributed by atoms with E-state index in [-0.39, 0.29) is 24.5 Å². The number of aryl methyl sites for hydroxylation is 1. The lowest BCUT2D eigenvalue weighted by Gasteiger charge is -2.18. The minimum absolute atomic E-state index is 0.0932. The van der Waals surface area contributed by atoms with Crippen molar-refractivity contribution in [3.05, 3.63) is 35.6 Å². The van der Waals surface area contributed by atoms with Crippen LogP contribution in [0.1, 0.15) is 25.8 Å². The van der Waals surface area contributed by atoms with E-state index in [1.54, 1.807) is 6.07 Å². The molecule has 2 N–H and O–H groups in total. The normalized spacial score (nSPS) is 14.8. The van der Waals surface area contributed by atoms with Crippen LogP contribution in [0.2, 0.25) is 0 Å². The zero-order chi connectivity index (χ0) is 12.0. The second kappa shape index (κ2) is 6.61. The van der Waals surface area contributed by atoms with Crippen molar-refractivity contribution in [3.63, 3.8) is 0 Å². The van der Waals surface area contributed by atoms with Crippen LogP contribution < -0.4 is 5.32 Å². The molecule has 0 aliphatic heterocycles. The molecular weight excluding hydrogens is 205 g/mol. The fourth-order valence-electron chi connectivity index (χ4n) is 1.69. The van der Waals surface area contributed by atoms with Crippen LogP contribution in [0.15, 0.2) is 24.3 Å². The molecule has 90 valence electrons. The van der Waals surface area contributed by atoms with Gasteiger partial charge in [-0.3, -0.25) is 0 Å². The quantitative estimate of drug-likeness (QED) is 0.777. The molecular formula is C13H20FNO. The summed E-state index contributed by atoms with van der Waals surface area (Å²) in [7, 11) is 0. The maximum absolute atomic E-state index is 13.3. The second-order valence-corrected chi connectivity index (χ2v) is 4.28. The Morgan fingerprint density at radius 2 is 1.94 bits per heavy atom. The molecule has 0 heterocycles. The summed E-state index contributed by atoms with van der Waals surface area (Å²) in [6, 6.07) is 7.24. The van der Waals surface area contributed by atoms with Gasteiger partial charge >= 0.3 is 0 Å². The molecule has 1 unspecified atom stereocenters. The molecule has 2 nitrogen and oxygen atoms in total. The van der Waals surface area contributed by atoms with Gasteiger partial charge in [-0.1, -0.05) is 18.2 Å². The number of rotatable bonds is 6. The maximum Gasteiger partial charge on any atom is 0.126 e. The van der Waals surface area contributed by atoms with E-state index in [2.05, 4.69) is 5.32 Å². The fourth-order valence-corrected chi connectivity index (χ4v) is 1.69. The van der Waals surface area contributed by atoms with E-state index in [1.807, 2.05) is 26.0 Å². The Labute approximate surface area is 96.5 Å². The van der Waals surface area contributed by atoms with Crippen molar-refractivity contribution in [2.24, 2.45) is 0 Å². The van der Waals surface area contributed by atoms with E-state index in [9.17, 15) is 4.39 Å². The molecule has 2 atom stereocenters. The first kappa shape index (κ1) is 13.1. The van der Waals surface area contributed by atoms with Crippen LogP contribution in [0.25, 0.3) is 0 Å². The number of aliphatic hydroxyl groups is 1. The first-order valence-electron chi connectivity index (χ1n) is 5.73. The van der Waals surface area contributed by atoms with E-state index >= 15 is 0 Å². The van der Waals surface area contributed by atoms with Gasteiger partial charge in [0.05, 0.1) is 6.61 Å². The van der Waals surface area contributed by atoms with Crippen LogP contribution in [0.5, 0.6) is 0 Å². The van der Waals surface area contributed by atoms with Crippen LogP contribution >= 0.6 is 0 Å². The van der Waals surface area contributed by atoms with Gasteiger partial charge < -0.3 is 10.4 Å². The first-order valence-corrected chi connectivity index (χ1v) is 5.73. The highest BCUT2D eigenvalue weighted by molar-refractivity contribution is 5.17. The van der Waals surface area contributed by atoms with Crippen molar-refractivity contribution in [2.75, 3.05) is 6.61 Å². The largest absolute Gasteiger partial charge is 0.395 e. The average Bonchev–Trinajstić information content (AvgIpc) is 2.28. The van der Waals surface area contributed by atoms with Gasteiger partial charge in [-0.2, -0.15) is 0 Å². The van der Waals surface area contributed by atoms with Crippen molar-refractivity contribution in [1.29, 1.82) is 0 Å². The van der Waals surface area contributed by atoms with Crippen molar-refractivity contribution in [3.8, 4) is 0 Å². The summed E-state index contributed by atoms with van der Waals surface area (Å²) in [5.41, 5.74) is 0.757. The zero-order valence-corrected chi connectivity index (χ0v) is 9.91. The van der Waals surface area contributed by atoms with Gasteiger partial charge in [0.2, 0.25) is 0 Å². The minimum atomic E-state index is -0.134. The lowest BCUT2D eigenvalue weighted by Crippen LogP contribution is -2.37. The molecule has 0 aromatic heterocycles. The van der Waals surface area contributed by atoms with Crippen LogP contribution in [0.4, 0.5) is 4.39 Å². The molecule has 3 heteroatoms. The molecule has 1 aromatic rings. The molecule has 0 aliphatic rings. The van der Waals surface area contributed by atoms with Crippen molar-refractivity contribution in [2.45, 2.75) is 38.8 Å². The summed E-state index contributed by atoms with van der Waals surface area (Å²) in [6.45, 7) is 4.11. The summed E-state index contributed by atoms with van der Waals surface area (Å²) in [4.78, 5) is 0. The highest BCUT2D eigenvalue weighted by Gasteiger charge is 2.07. The molecule has 16 heavy (non-hydrogen) atoms. The first-order chi connectivity index (χ1) is 7.63. The summed E-state index contributed by atoms with van der Waals surface area (Å²) in [6.07, 6.45) is 1.59. The van der Waals surface area contributed by atoms with Crippen LogP contribution in [-0.2, 0) is 6.42 Å². The van der Waals surface area contributed by atoms with Crippen LogP contribution in [0.3, 0.4) is 0 Å². The number of nitrogens with one attached hydrogen (secondary N) is 1. The third kappa shape index (κ3) is 4.29. The van der Waals surface area contributed by atoms with Crippen LogP contribution in [0, 0.1) is 5.82 Å². The average molecular weight is 225 g/mol. The van der Waals surface area contributed by atoms with Gasteiger partial charge in [-0.15, -0.1) is 0 Å². The molecule has 0 saturated carbocycles. The van der Waals surface area contributed by atoms with E-state index in [4.69, 9.17) is 5.11 Å².